The molecular formula is C29H33Br2N3O4S. The first kappa shape index (κ1) is 30.8. The monoisotopic (exact) mass is 677 g/mol. The molecule has 0 saturated heterocycles. The van der Waals surface area contributed by atoms with Gasteiger partial charge in [-0.25, -0.2) is 8.42 Å². The minimum atomic E-state index is -4.10. The Kier molecular flexibility index (Phi) is 10.7. The Morgan fingerprint density at radius 3 is 2.13 bits per heavy atom. The molecule has 0 aliphatic rings. The van der Waals surface area contributed by atoms with E-state index >= 15 is 0 Å². The van der Waals surface area contributed by atoms with Gasteiger partial charge in [0.1, 0.15) is 12.6 Å². The molecule has 0 bridgehead atoms. The molecule has 10 heteroatoms. The molecule has 0 aromatic heterocycles. The van der Waals surface area contributed by atoms with E-state index in [0.717, 1.165) is 24.4 Å². The SMILES string of the molecule is Cc1ccc(S(=O)(=O)N(CC(=O)N(Cc2cccc(Br)c2)[C@@H](C)C(=O)NCC(C)C)c2ccc(Br)cc2)cc1. The zero-order chi connectivity index (χ0) is 28.7. The number of carbonyl (C=O) groups excluding carboxylic acids is 2. The molecule has 0 radical (unpaired) electrons. The summed E-state index contributed by atoms with van der Waals surface area (Å²) >= 11 is 6.84. The van der Waals surface area contributed by atoms with Crippen molar-refractivity contribution in [1.82, 2.24) is 10.2 Å². The average molecular weight is 679 g/mol. The molecule has 7 nitrogen and oxygen atoms in total. The lowest BCUT2D eigenvalue weighted by molar-refractivity contribution is -0.139. The van der Waals surface area contributed by atoms with Crippen LogP contribution in [0.5, 0.6) is 0 Å². The molecular weight excluding hydrogens is 646 g/mol. The van der Waals surface area contributed by atoms with Gasteiger partial charge in [0.05, 0.1) is 10.6 Å². The van der Waals surface area contributed by atoms with Crippen molar-refractivity contribution in [3.8, 4) is 0 Å². The summed E-state index contributed by atoms with van der Waals surface area (Å²) in [7, 11) is -4.10. The summed E-state index contributed by atoms with van der Waals surface area (Å²) in [4.78, 5) is 28.5. The highest BCUT2D eigenvalue weighted by atomic mass is 79.9. The van der Waals surface area contributed by atoms with Crippen LogP contribution in [0.1, 0.15) is 31.9 Å². The number of rotatable bonds is 11. The van der Waals surface area contributed by atoms with E-state index in [1.54, 1.807) is 43.3 Å². The maximum absolute atomic E-state index is 13.9. The van der Waals surface area contributed by atoms with E-state index in [4.69, 9.17) is 0 Å². The number of aryl methyl sites for hydroxylation is 1. The van der Waals surface area contributed by atoms with Crippen molar-refractivity contribution in [1.29, 1.82) is 0 Å². The number of nitrogens with zero attached hydrogens (tertiary/aromatic N) is 2. The third-order valence-electron chi connectivity index (χ3n) is 6.10. The fraction of sp³-hybridized carbons (Fsp3) is 0.310. The van der Waals surface area contributed by atoms with Crippen LogP contribution >= 0.6 is 31.9 Å². The largest absolute Gasteiger partial charge is 0.354 e. The highest BCUT2D eigenvalue weighted by Crippen LogP contribution is 2.26. The number of anilines is 1. The van der Waals surface area contributed by atoms with Crippen LogP contribution in [0.15, 0.2) is 86.6 Å². The number of nitrogens with one attached hydrogen (secondary N) is 1. The van der Waals surface area contributed by atoms with Crippen LogP contribution in [0.2, 0.25) is 0 Å². The van der Waals surface area contributed by atoms with Crippen molar-refractivity contribution in [3.05, 3.63) is 92.9 Å². The van der Waals surface area contributed by atoms with Crippen molar-refractivity contribution >= 4 is 59.4 Å². The average Bonchev–Trinajstić information content (AvgIpc) is 2.89. The minimum absolute atomic E-state index is 0.0742. The van der Waals surface area contributed by atoms with Gasteiger partial charge in [-0.3, -0.25) is 13.9 Å². The molecule has 3 aromatic carbocycles. The summed E-state index contributed by atoms with van der Waals surface area (Å²) < 4.78 is 30.4. The van der Waals surface area contributed by atoms with Crippen LogP contribution < -0.4 is 9.62 Å². The van der Waals surface area contributed by atoms with E-state index in [0.29, 0.717) is 12.2 Å². The van der Waals surface area contributed by atoms with Gasteiger partial charge in [-0.1, -0.05) is 75.5 Å². The van der Waals surface area contributed by atoms with Gasteiger partial charge in [0.2, 0.25) is 11.8 Å². The van der Waals surface area contributed by atoms with Gasteiger partial charge in [-0.05, 0) is 73.9 Å². The number of halogens is 2. The Bertz CT molecular complexity index is 1390. The Balaban J connectivity index is 2.01. The van der Waals surface area contributed by atoms with Gasteiger partial charge in [-0.15, -0.1) is 0 Å². The quantitative estimate of drug-likeness (QED) is 0.274. The zero-order valence-corrected chi connectivity index (χ0v) is 26.4. The summed E-state index contributed by atoms with van der Waals surface area (Å²) in [6, 6.07) is 19.8. The molecule has 3 rings (SSSR count). The van der Waals surface area contributed by atoms with Crippen molar-refractivity contribution in [2.75, 3.05) is 17.4 Å². The van der Waals surface area contributed by atoms with Crippen LogP contribution in [-0.2, 0) is 26.2 Å². The van der Waals surface area contributed by atoms with Crippen LogP contribution in [0.25, 0.3) is 0 Å². The maximum atomic E-state index is 13.9. The molecule has 0 unspecified atom stereocenters. The molecule has 1 N–H and O–H groups in total. The summed E-state index contributed by atoms with van der Waals surface area (Å²) in [5.41, 5.74) is 2.06. The second kappa shape index (κ2) is 13.6. The second-order valence-electron chi connectivity index (χ2n) is 9.77. The Labute approximate surface area is 247 Å². The van der Waals surface area contributed by atoms with E-state index in [1.165, 1.54) is 17.0 Å². The van der Waals surface area contributed by atoms with Crippen molar-refractivity contribution in [2.24, 2.45) is 5.92 Å². The standard InChI is InChI=1S/C29H33Br2N3O4S/c1-20(2)17-32-29(36)22(4)33(18-23-6-5-7-25(31)16-23)28(35)19-34(26-12-10-24(30)11-13-26)39(37,38)27-14-8-21(3)9-15-27/h5-16,20,22H,17-19H2,1-4H3,(H,32,36)/t22-/m0/s1. The number of amides is 2. The second-order valence-corrected chi connectivity index (χ2v) is 13.5. The fourth-order valence-electron chi connectivity index (χ4n) is 3.84. The lowest BCUT2D eigenvalue weighted by Crippen LogP contribution is -2.51. The first-order valence-corrected chi connectivity index (χ1v) is 15.6. The van der Waals surface area contributed by atoms with E-state index in [9.17, 15) is 18.0 Å². The van der Waals surface area contributed by atoms with E-state index in [2.05, 4.69) is 37.2 Å². The first-order chi connectivity index (χ1) is 18.4. The van der Waals surface area contributed by atoms with E-state index in [-0.39, 0.29) is 23.3 Å². The highest BCUT2D eigenvalue weighted by molar-refractivity contribution is 9.10. The third kappa shape index (κ3) is 8.40. The molecule has 208 valence electrons. The topological polar surface area (TPSA) is 86.8 Å². The number of sulfonamides is 1. The number of carbonyl (C=O) groups is 2. The van der Waals surface area contributed by atoms with E-state index in [1.807, 2.05) is 45.0 Å². The van der Waals surface area contributed by atoms with Gasteiger partial charge >= 0.3 is 0 Å². The molecule has 2 amide bonds. The first-order valence-electron chi connectivity index (χ1n) is 12.5. The summed E-state index contributed by atoms with van der Waals surface area (Å²) in [5.74, 6) is -0.563. The van der Waals surface area contributed by atoms with Crippen molar-refractivity contribution in [3.63, 3.8) is 0 Å². The van der Waals surface area contributed by atoms with Gasteiger partial charge in [0.25, 0.3) is 10.0 Å². The fourth-order valence-corrected chi connectivity index (χ4v) is 5.97. The maximum Gasteiger partial charge on any atom is 0.264 e. The predicted octanol–water partition coefficient (Wildman–Crippen LogP) is 5.90. The lowest BCUT2D eigenvalue weighted by atomic mass is 10.1. The Hall–Kier alpha value is -2.69. The Morgan fingerprint density at radius 1 is 0.897 bits per heavy atom. The lowest BCUT2D eigenvalue weighted by Gasteiger charge is -2.32. The molecule has 0 spiro atoms. The van der Waals surface area contributed by atoms with Crippen LogP contribution in [0, 0.1) is 12.8 Å². The van der Waals surface area contributed by atoms with Gasteiger partial charge in [0.15, 0.2) is 0 Å². The van der Waals surface area contributed by atoms with Crippen LogP contribution in [0.3, 0.4) is 0 Å². The number of hydrogen-bond donors (Lipinski definition) is 1. The molecule has 0 aliphatic carbocycles. The van der Waals surface area contributed by atoms with Gasteiger partial charge in [-0.2, -0.15) is 0 Å². The van der Waals surface area contributed by atoms with Crippen LogP contribution in [0.4, 0.5) is 5.69 Å². The van der Waals surface area contributed by atoms with Crippen LogP contribution in [-0.4, -0.2) is 44.3 Å². The smallest absolute Gasteiger partial charge is 0.264 e. The summed E-state index contributed by atoms with van der Waals surface area (Å²) in [6.07, 6.45) is 0. The number of hydrogen-bond acceptors (Lipinski definition) is 4. The van der Waals surface area contributed by atoms with Crippen molar-refractivity contribution in [2.45, 2.75) is 45.2 Å². The highest BCUT2D eigenvalue weighted by Gasteiger charge is 2.32. The Morgan fingerprint density at radius 2 is 1.54 bits per heavy atom. The predicted molar refractivity (Wildman–Crippen MR) is 162 cm³/mol. The van der Waals surface area contributed by atoms with Crippen molar-refractivity contribution < 1.29 is 18.0 Å². The number of benzene rings is 3. The zero-order valence-electron chi connectivity index (χ0n) is 22.4. The summed E-state index contributed by atoms with van der Waals surface area (Å²) in [6.45, 7) is 7.63. The molecule has 0 fully saturated rings. The molecule has 0 heterocycles. The molecule has 0 aliphatic heterocycles. The molecule has 0 saturated carbocycles. The normalized spacial score (nSPS) is 12.2. The molecule has 1 atom stereocenters. The molecule has 39 heavy (non-hydrogen) atoms. The minimum Gasteiger partial charge on any atom is -0.354 e. The molecule has 3 aromatic rings. The third-order valence-corrected chi connectivity index (χ3v) is 8.91. The van der Waals surface area contributed by atoms with Gasteiger partial charge in [0, 0.05) is 22.0 Å². The van der Waals surface area contributed by atoms with E-state index < -0.39 is 28.5 Å². The summed E-state index contributed by atoms with van der Waals surface area (Å²) in [5, 5.41) is 2.89. The van der Waals surface area contributed by atoms with Gasteiger partial charge < -0.3 is 10.2 Å².